The summed E-state index contributed by atoms with van der Waals surface area (Å²) >= 11 is 0. The van der Waals surface area contributed by atoms with Crippen molar-refractivity contribution < 1.29 is 0 Å². The number of rotatable bonds is 2. The molecule has 0 N–H and O–H groups in total. The van der Waals surface area contributed by atoms with Gasteiger partial charge in [0.05, 0.1) is 0 Å². The molecule has 3 rings (SSSR count). The molecule has 1 heteroatoms. The van der Waals surface area contributed by atoms with Crippen LogP contribution in [0.2, 0.25) is 0 Å². The summed E-state index contributed by atoms with van der Waals surface area (Å²) in [5.41, 5.74) is 2.05. The minimum absolute atomic E-state index is 0.579. The van der Waals surface area contributed by atoms with E-state index in [0.29, 0.717) is 5.54 Å². The molecule has 1 aliphatic heterocycles. The highest BCUT2D eigenvalue weighted by atomic mass is 15.3. The minimum atomic E-state index is 0.579. The predicted octanol–water partition coefficient (Wildman–Crippen LogP) is 3.45. The molecule has 16 heavy (non-hydrogen) atoms. The van der Waals surface area contributed by atoms with Gasteiger partial charge in [-0.2, -0.15) is 0 Å². The molecule has 1 aromatic carbocycles. The van der Waals surface area contributed by atoms with Gasteiger partial charge in [-0.15, -0.1) is 0 Å². The molecule has 1 aliphatic carbocycles. The lowest BCUT2D eigenvalue weighted by atomic mass is 9.73. The van der Waals surface area contributed by atoms with Gasteiger partial charge in [-0.05, 0) is 24.3 Å². The molecule has 1 saturated carbocycles. The summed E-state index contributed by atoms with van der Waals surface area (Å²) in [6.07, 6.45) is 5.74. The van der Waals surface area contributed by atoms with Gasteiger partial charge in [-0.1, -0.05) is 50.1 Å². The normalized spacial score (nSPS) is 28.2. The Kier molecular flexibility index (Phi) is 2.51. The molecule has 2 aliphatic rings. The zero-order chi connectivity index (χ0) is 11.0. The van der Waals surface area contributed by atoms with E-state index in [2.05, 4.69) is 42.2 Å². The SMILES string of the molecule is CC1CN(Cc2ccccc2)C12CCCC2. The molecular formula is C15H21N. The Hall–Kier alpha value is -0.820. The first-order valence-electron chi connectivity index (χ1n) is 6.60. The van der Waals surface area contributed by atoms with Gasteiger partial charge in [0, 0.05) is 18.6 Å². The summed E-state index contributed by atoms with van der Waals surface area (Å²) in [6, 6.07) is 10.9. The zero-order valence-corrected chi connectivity index (χ0v) is 10.2. The van der Waals surface area contributed by atoms with Crippen LogP contribution in [0.5, 0.6) is 0 Å². The number of hydrogen-bond acceptors (Lipinski definition) is 1. The Morgan fingerprint density at radius 3 is 2.50 bits per heavy atom. The van der Waals surface area contributed by atoms with Crippen molar-refractivity contribution in [3.63, 3.8) is 0 Å². The highest BCUT2D eigenvalue weighted by Crippen LogP contribution is 2.48. The molecule has 1 saturated heterocycles. The van der Waals surface area contributed by atoms with Gasteiger partial charge in [0.1, 0.15) is 0 Å². The maximum atomic E-state index is 2.72. The molecule has 1 aromatic rings. The first kappa shape index (κ1) is 10.3. The van der Waals surface area contributed by atoms with Crippen molar-refractivity contribution in [2.75, 3.05) is 6.54 Å². The average Bonchev–Trinajstić information content (AvgIpc) is 2.82. The minimum Gasteiger partial charge on any atom is -0.293 e. The Bertz CT molecular complexity index is 351. The van der Waals surface area contributed by atoms with E-state index in [4.69, 9.17) is 0 Å². The average molecular weight is 215 g/mol. The fourth-order valence-corrected chi connectivity index (χ4v) is 3.70. The number of nitrogens with zero attached hydrogens (tertiary/aromatic N) is 1. The van der Waals surface area contributed by atoms with Crippen LogP contribution in [0.3, 0.4) is 0 Å². The Morgan fingerprint density at radius 2 is 1.88 bits per heavy atom. The van der Waals surface area contributed by atoms with Crippen molar-refractivity contribution in [1.29, 1.82) is 0 Å². The van der Waals surface area contributed by atoms with E-state index in [1.54, 1.807) is 0 Å². The number of hydrogen-bond donors (Lipinski definition) is 0. The zero-order valence-electron chi connectivity index (χ0n) is 10.2. The van der Waals surface area contributed by atoms with E-state index in [-0.39, 0.29) is 0 Å². The van der Waals surface area contributed by atoms with Crippen LogP contribution in [0, 0.1) is 5.92 Å². The standard InChI is InChI=1S/C15H21N/c1-13-11-16(15(13)9-5-6-10-15)12-14-7-3-2-4-8-14/h2-4,7-8,13H,5-6,9-12H2,1H3. The molecule has 0 radical (unpaired) electrons. The summed E-state index contributed by atoms with van der Waals surface area (Å²) in [5.74, 6) is 0.915. The van der Waals surface area contributed by atoms with E-state index in [1.807, 2.05) is 0 Å². The van der Waals surface area contributed by atoms with Crippen LogP contribution in [0.25, 0.3) is 0 Å². The summed E-state index contributed by atoms with van der Waals surface area (Å²) in [7, 11) is 0. The molecule has 1 spiro atoms. The molecule has 0 bridgehead atoms. The Morgan fingerprint density at radius 1 is 1.19 bits per heavy atom. The van der Waals surface area contributed by atoms with Crippen molar-refractivity contribution in [3.05, 3.63) is 35.9 Å². The van der Waals surface area contributed by atoms with Crippen LogP contribution in [-0.4, -0.2) is 17.0 Å². The third-order valence-electron chi connectivity index (χ3n) is 4.73. The highest BCUT2D eigenvalue weighted by molar-refractivity contribution is 5.17. The molecule has 1 atom stereocenters. The van der Waals surface area contributed by atoms with E-state index in [0.717, 1.165) is 12.5 Å². The van der Waals surface area contributed by atoms with Crippen molar-refractivity contribution in [3.8, 4) is 0 Å². The van der Waals surface area contributed by atoms with E-state index in [9.17, 15) is 0 Å². The van der Waals surface area contributed by atoms with Gasteiger partial charge in [0.15, 0.2) is 0 Å². The maximum Gasteiger partial charge on any atom is 0.0250 e. The van der Waals surface area contributed by atoms with E-state index < -0.39 is 0 Å². The Balaban J connectivity index is 1.73. The van der Waals surface area contributed by atoms with Crippen molar-refractivity contribution in [2.24, 2.45) is 5.92 Å². The lowest BCUT2D eigenvalue weighted by Crippen LogP contribution is -2.64. The van der Waals surface area contributed by atoms with Crippen LogP contribution in [0.1, 0.15) is 38.2 Å². The molecule has 1 nitrogen and oxygen atoms in total. The fraction of sp³-hybridized carbons (Fsp3) is 0.600. The van der Waals surface area contributed by atoms with Crippen LogP contribution in [0.15, 0.2) is 30.3 Å². The summed E-state index contributed by atoms with van der Waals surface area (Å²) in [4.78, 5) is 2.72. The van der Waals surface area contributed by atoms with Gasteiger partial charge in [-0.25, -0.2) is 0 Å². The second kappa shape index (κ2) is 3.89. The molecule has 0 amide bonds. The lowest BCUT2D eigenvalue weighted by Gasteiger charge is -2.56. The second-order valence-corrected chi connectivity index (χ2v) is 5.58. The van der Waals surface area contributed by atoms with Gasteiger partial charge >= 0.3 is 0 Å². The lowest BCUT2D eigenvalue weighted by molar-refractivity contribution is -0.0757. The molecule has 2 fully saturated rings. The van der Waals surface area contributed by atoms with Crippen molar-refractivity contribution >= 4 is 0 Å². The van der Waals surface area contributed by atoms with E-state index >= 15 is 0 Å². The quantitative estimate of drug-likeness (QED) is 0.730. The van der Waals surface area contributed by atoms with E-state index in [1.165, 1.54) is 37.8 Å². The van der Waals surface area contributed by atoms with Crippen LogP contribution in [-0.2, 0) is 6.54 Å². The third kappa shape index (κ3) is 1.49. The molecule has 1 unspecified atom stereocenters. The van der Waals surface area contributed by atoms with Crippen molar-refractivity contribution in [1.82, 2.24) is 4.90 Å². The first-order valence-corrected chi connectivity index (χ1v) is 6.60. The second-order valence-electron chi connectivity index (χ2n) is 5.58. The smallest absolute Gasteiger partial charge is 0.0250 e. The number of likely N-dealkylation sites (tertiary alicyclic amines) is 1. The number of benzene rings is 1. The Labute approximate surface area is 98.5 Å². The largest absolute Gasteiger partial charge is 0.293 e. The molecule has 0 aromatic heterocycles. The monoisotopic (exact) mass is 215 g/mol. The molecular weight excluding hydrogens is 194 g/mol. The highest BCUT2D eigenvalue weighted by Gasteiger charge is 2.51. The van der Waals surface area contributed by atoms with Gasteiger partial charge < -0.3 is 0 Å². The van der Waals surface area contributed by atoms with Crippen molar-refractivity contribution in [2.45, 2.75) is 44.7 Å². The third-order valence-corrected chi connectivity index (χ3v) is 4.73. The summed E-state index contributed by atoms with van der Waals surface area (Å²) in [5, 5.41) is 0. The van der Waals surface area contributed by atoms with Crippen LogP contribution in [0.4, 0.5) is 0 Å². The first-order chi connectivity index (χ1) is 7.81. The van der Waals surface area contributed by atoms with Crippen LogP contribution < -0.4 is 0 Å². The summed E-state index contributed by atoms with van der Waals surface area (Å²) < 4.78 is 0. The predicted molar refractivity (Wildman–Crippen MR) is 67.2 cm³/mol. The molecule has 86 valence electrons. The summed E-state index contributed by atoms with van der Waals surface area (Å²) in [6.45, 7) is 4.90. The van der Waals surface area contributed by atoms with Gasteiger partial charge in [-0.3, -0.25) is 4.90 Å². The van der Waals surface area contributed by atoms with Gasteiger partial charge in [0.25, 0.3) is 0 Å². The fourth-order valence-electron chi connectivity index (χ4n) is 3.70. The topological polar surface area (TPSA) is 3.24 Å². The molecule has 1 heterocycles. The maximum absolute atomic E-state index is 2.72. The van der Waals surface area contributed by atoms with Crippen LogP contribution >= 0.6 is 0 Å². The van der Waals surface area contributed by atoms with Gasteiger partial charge in [0.2, 0.25) is 0 Å².